The molecule has 0 radical (unpaired) electrons. The van der Waals surface area contributed by atoms with E-state index < -0.39 is 0 Å². The zero-order valence-electron chi connectivity index (χ0n) is 18.3. The van der Waals surface area contributed by atoms with Crippen molar-refractivity contribution in [3.05, 3.63) is 106 Å². The molecule has 0 unspecified atom stereocenters. The summed E-state index contributed by atoms with van der Waals surface area (Å²) in [7, 11) is 0. The minimum absolute atomic E-state index is 0.241. The van der Waals surface area contributed by atoms with E-state index in [1.807, 2.05) is 94.4 Å². The molecule has 0 saturated heterocycles. The Morgan fingerprint density at radius 1 is 0.710 bits per heavy atom. The molecule has 1 heterocycles. The van der Waals surface area contributed by atoms with Gasteiger partial charge >= 0.3 is 0 Å². The second-order valence-corrected chi connectivity index (χ2v) is 8.16. The molecule has 1 aliphatic rings. The Hall–Kier alpha value is -3.66. The predicted octanol–water partition coefficient (Wildman–Crippen LogP) is 5.31. The molecule has 1 aliphatic heterocycles. The fourth-order valence-electron chi connectivity index (χ4n) is 3.73. The van der Waals surface area contributed by atoms with Crippen molar-refractivity contribution < 1.29 is 9.59 Å². The number of imide groups is 1. The number of carbonyl (C=O) groups is 2. The lowest BCUT2D eigenvalue weighted by molar-refractivity contribution is -0.137. The first-order chi connectivity index (χ1) is 14.8. The van der Waals surface area contributed by atoms with Crippen LogP contribution < -0.4 is 5.32 Å². The summed E-state index contributed by atoms with van der Waals surface area (Å²) < 4.78 is 0. The fraction of sp³-hybridized carbons (Fsp3) is 0.185. The van der Waals surface area contributed by atoms with E-state index in [2.05, 4.69) is 5.32 Å². The average Bonchev–Trinajstić information content (AvgIpc) is 2.98. The van der Waals surface area contributed by atoms with Gasteiger partial charge in [0.1, 0.15) is 5.70 Å². The Balaban J connectivity index is 1.78. The fourth-order valence-corrected chi connectivity index (χ4v) is 3.73. The summed E-state index contributed by atoms with van der Waals surface area (Å²) >= 11 is 0. The standard InChI is InChI=1S/C27H26N2O2/c1-17-10-12-22(14-19(17)3)24-25(28-23-13-11-18(2)20(4)15-23)27(31)29(26(24)30)16-21-8-6-5-7-9-21/h5-15,28H,16H2,1-4H3. The molecule has 0 atom stereocenters. The van der Waals surface area contributed by atoms with E-state index in [4.69, 9.17) is 0 Å². The van der Waals surface area contributed by atoms with Crippen LogP contribution in [0.4, 0.5) is 5.69 Å². The Labute approximate surface area is 183 Å². The highest BCUT2D eigenvalue weighted by Gasteiger charge is 2.39. The number of hydrogen-bond acceptors (Lipinski definition) is 3. The van der Waals surface area contributed by atoms with Crippen LogP contribution in [0.1, 0.15) is 33.4 Å². The maximum atomic E-state index is 13.4. The molecular formula is C27H26N2O2. The van der Waals surface area contributed by atoms with E-state index in [1.54, 1.807) is 0 Å². The van der Waals surface area contributed by atoms with E-state index in [0.717, 1.165) is 33.5 Å². The van der Waals surface area contributed by atoms with Crippen LogP contribution >= 0.6 is 0 Å². The van der Waals surface area contributed by atoms with Gasteiger partial charge in [-0.1, -0.05) is 54.6 Å². The molecule has 0 aliphatic carbocycles. The third-order valence-corrected chi connectivity index (χ3v) is 5.92. The van der Waals surface area contributed by atoms with E-state index in [-0.39, 0.29) is 18.4 Å². The van der Waals surface area contributed by atoms with Crippen molar-refractivity contribution in [2.75, 3.05) is 5.32 Å². The number of nitrogens with one attached hydrogen (secondary N) is 1. The highest BCUT2D eigenvalue weighted by molar-refractivity contribution is 6.36. The third kappa shape index (κ3) is 4.02. The number of carbonyl (C=O) groups excluding carboxylic acids is 2. The zero-order chi connectivity index (χ0) is 22.1. The van der Waals surface area contributed by atoms with Crippen molar-refractivity contribution in [3.63, 3.8) is 0 Å². The first-order valence-electron chi connectivity index (χ1n) is 10.4. The van der Waals surface area contributed by atoms with E-state index in [0.29, 0.717) is 11.3 Å². The van der Waals surface area contributed by atoms with Crippen LogP contribution in [-0.4, -0.2) is 16.7 Å². The van der Waals surface area contributed by atoms with Gasteiger partial charge < -0.3 is 5.32 Å². The van der Waals surface area contributed by atoms with Crippen LogP contribution in [0, 0.1) is 27.7 Å². The van der Waals surface area contributed by atoms with Crippen LogP contribution in [0.15, 0.2) is 72.4 Å². The van der Waals surface area contributed by atoms with Gasteiger partial charge in [0.2, 0.25) is 0 Å². The van der Waals surface area contributed by atoms with Crippen molar-refractivity contribution in [1.82, 2.24) is 4.90 Å². The van der Waals surface area contributed by atoms with E-state index in [9.17, 15) is 9.59 Å². The van der Waals surface area contributed by atoms with Gasteiger partial charge in [-0.15, -0.1) is 0 Å². The lowest BCUT2D eigenvalue weighted by Gasteiger charge is -2.15. The molecule has 0 spiro atoms. The smallest absolute Gasteiger partial charge is 0.278 e. The van der Waals surface area contributed by atoms with Crippen LogP contribution in [0.3, 0.4) is 0 Å². The lowest BCUT2D eigenvalue weighted by Crippen LogP contribution is -2.32. The summed E-state index contributed by atoms with van der Waals surface area (Å²) in [5.74, 6) is -0.580. The molecule has 4 heteroatoms. The van der Waals surface area contributed by atoms with Gasteiger partial charge in [-0.3, -0.25) is 14.5 Å². The Bertz CT molecular complexity index is 1210. The molecule has 0 aromatic heterocycles. The molecule has 3 aromatic rings. The van der Waals surface area contributed by atoms with Gasteiger partial charge in [0, 0.05) is 5.69 Å². The molecule has 0 saturated carbocycles. The summed E-state index contributed by atoms with van der Waals surface area (Å²) in [5.41, 5.74) is 7.73. The molecule has 0 bridgehead atoms. The van der Waals surface area contributed by atoms with Gasteiger partial charge in [-0.25, -0.2) is 0 Å². The minimum atomic E-state index is -0.305. The van der Waals surface area contributed by atoms with Crippen LogP contribution in [0.25, 0.3) is 5.57 Å². The Morgan fingerprint density at radius 2 is 1.35 bits per heavy atom. The highest BCUT2D eigenvalue weighted by atomic mass is 16.2. The number of rotatable bonds is 5. The van der Waals surface area contributed by atoms with Crippen molar-refractivity contribution >= 4 is 23.1 Å². The van der Waals surface area contributed by atoms with Gasteiger partial charge in [0.05, 0.1) is 12.1 Å². The van der Waals surface area contributed by atoms with Crippen molar-refractivity contribution in [2.45, 2.75) is 34.2 Å². The molecule has 0 fully saturated rings. The first-order valence-corrected chi connectivity index (χ1v) is 10.4. The van der Waals surface area contributed by atoms with Crippen LogP contribution in [0.5, 0.6) is 0 Å². The third-order valence-electron chi connectivity index (χ3n) is 5.92. The summed E-state index contributed by atoms with van der Waals surface area (Å²) in [6, 6.07) is 21.4. The Kier molecular flexibility index (Phi) is 5.47. The molecule has 4 rings (SSSR count). The summed E-state index contributed by atoms with van der Waals surface area (Å²) in [6.45, 7) is 8.36. The molecule has 3 aromatic carbocycles. The first kappa shape index (κ1) is 20.6. The number of nitrogens with zero attached hydrogens (tertiary/aromatic N) is 1. The number of aryl methyl sites for hydroxylation is 4. The molecule has 156 valence electrons. The van der Waals surface area contributed by atoms with Gasteiger partial charge in [0.25, 0.3) is 11.8 Å². The van der Waals surface area contributed by atoms with Gasteiger partial charge in [0.15, 0.2) is 0 Å². The minimum Gasteiger partial charge on any atom is -0.350 e. The molecular weight excluding hydrogens is 384 g/mol. The SMILES string of the molecule is Cc1ccc(NC2=C(c3ccc(C)c(C)c3)C(=O)N(Cc3ccccc3)C2=O)cc1C. The lowest BCUT2D eigenvalue weighted by atomic mass is 9.99. The summed E-state index contributed by atoms with van der Waals surface area (Å²) in [5, 5.41) is 3.26. The highest BCUT2D eigenvalue weighted by Crippen LogP contribution is 2.32. The largest absolute Gasteiger partial charge is 0.350 e. The molecule has 2 amide bonds. The van der Waals surface area contributed by atoms with Gasteiger partial charge in [-0.2, -0.15) is 0 Å². The zero-order valence-corrected chi connectivity index (χ0v) is 18.3. The average molecular weight is 411 g/mol. The van der Waals surface area contributed by atoms with Crippen molar-refractivity contribution in [2.24, 2.45) is 0 Å². The maximum Gasteiger partial charge on any atom is 0.278 e. The quantitative estimate of drug-likeness (QED) is 0.580. The number of benzene rings is 3. The van der Waals surface area contributed by atoms with Crippen molar-refractivity contribution in [3.8, 4) is 0 Å². The van der Waals surface area contributed by atoms with E-state index in [1.165, 1.54) is 10.5 Å². The summed E-state index contributed by atoms with van der Waals surface area (Å²) in [4.78, 5) is 28.2. The number of hydrogen-bond donors (Lipinski definition) is 1. The molecule has 1 N–H and O–H groups in total. The van der Waals surface area contributed by atoms with Crippen LogP contribution in [-0.2, 0) is 16.1 Å². The number of anilines is 1. The maximum absolute atomic E-state index is 13.4. The monoisotopic (exact) mass is 410 g/mol. The second-order valence-electron chi connectivity index (χ2n) is 8.16. The second kappa shape index (κ2) is 8.23. The summed E-state index contributed by atoms with van der Waals surface area (Å²) in [6.07, 6.45) is 0. The predicted molar refractivity (Wildman–Crippen MR) is 124 cm³/mol. The van der Waals surface area contributed by atoms with Gasteiger partial charge in [-0.05, 0) is 73.2 Å². The van der Waals surface area contributed by atoms with Crippen LogP contribution in [0.2, 0.25) is 0 Å². The molecule has 31 heavy (non-hydrogen) atoms. The topological polar surface area (TPSA) is 49.4 Å². The van der Waals surface area contributed by atoms with Crippen molar-refractivity contribution in [1.29, 1.82) is 0 Å². The normalized spacial score (nSPS) is 13.9. The molecule has 4 nitrogen and oxygen atoms in total. The Morgan fingerprint density at radius 3 is 2.00 bits per heavy atom. The number of amides is 2. The van der Waals surface area contributed by atoms with E-state index >= 15 is 0 Å².